The van der Waals surface area contributed by atoms with Gasteiger partial charge in [-0.1, -0.05) is 6.58 Å². The smallest absolute Gasteiger partial charge is 0.335 e. The van der Waals surface area contributed by atoms with Gasteiger partial charge in [0.15, 0.2) is 6.23 Å². The summed E-state index contributed by atoms with van der Waals surface area (Å²) in [6, 6.07) is -0.528. The number of aliphatic hydroxyl groups excluding tert-OH is 2. The Labute approximate surface area is 106 Å². The van der Waals surface area contributed by atoms with Gasteiger partial charge in [0.2, 0.25) is 0 Å². The van der Waals surface area contributed by atoms with Gasteiger partial charge >= 0.3 is 12.0 Å². The zero-order valence-corrected chi connectivity index (χ0v) is 10.7. The first-order chi connectivity index (χ1) is 8.42. The number of esters is 1. The van der Waals surface area contributed by atoms with Crippen LogP contribution < -0.4 is 5.32 Å². The molecule has 2 amide bonds. The van der Waals surface area contributed by atoms with Crippen molar-refractivity contribution in [2.45, 2.75) is 20.1 Å². The van der Waals surface area contributed by atoms with E-state index in [4.69, 9.17) is 14.9 Å². The predicted octanol–water partition coefficient (Wildman–Crippen LogP) is -0.552. The molecule has 0 heterocycles. The maximum Gasteiger partial charge on any atom is 0.335 e. The fourth-order valence-corrected chi connectivity index (χ4v) is 1.11. The summed E-state index contributed by atoms with van der Waals surface area (Å²) < 4.78 is 4.87. The first kappa shape index (κ1) is 16.4. The van der Waals surface area contributed by atoms with Crippen molar-refractivity contribution in [2.24, 2.45) is 0 Å². The lowest BCUT2D eigenvalue weighted by atomic mass is 10.4. The highest BCUT2D eigenvalue weighted by Gasteiger charge is 2.17. The van der Waals surface area contributed by atoms with Crippen LogP contribution in [0.15, 0.2) is 12.2 Å². The molecule has 0 radical (unpaired) electrons. The van der Waals surface area contributed by atoms with Crippen LogP contribution in [0, 0.1) is 0 Å². The monoisotopic (exact) mass is 260 g/mol. The Kier molecular flexibility index (Phi) is 7.73. The number of carbonyl (C=O) groups excluding carboxylic acids is 2. The van der Waals surface area contributed by atoms with E-state index >= 15 is 0 Å². The zero-order chi connectivity index (χ0) is 14.1. The SMILES string of the molecule is C=C(C)C(=O)OC(C)NC(=O)N(CCO)CCO. The second-order valence-corrected chi connectivity index (χ2v) is 3.71. The number of ether oxygens (including phenoxy) is 1. The summed E-state index contributed by atoms with van der Waals surface area (Å²) in [5.41, 5.74) is 0.235. The minimum atomic E-state index is -0.818. The molecule has 1 unspecified atom stereocenters. The molecule has 0 saturated heterocycles. The zero-order valence-electron chi connectivity index (χ0n) is 10.7. The van der Waals surface area contributed by atoms with Crippen LogP contribution in [0.2, 0.25) is 0 Å². The van der Waals surface area contributed by atoms with E-state index < -0.39 is 18.2 Å². The quantitative estimate of drug-likeness (QED) is 0.324. The largest absolute Gasteiger partial charge is 0.439 e. The molecule has 7 heteroatoms. The third-order valence-electron chi connectivity index (χ3n) is 1.99. The van der Waals surface area contributed by atoms with Gasteiger partial charge < -0.3 is 25.2 Å². The Morgan fingerprint density at radius 3 is 2.22 bits per heavy atom. The molecular formula is C11H20N2O5. The molecule has 0 aliphatic rings. The molecule has 0 spiro atoms. The van der Waals surface area contributed by atoms with E-state index in [0.29, 0.717) is 0 Å². The number of urea groups is 1. The third kappa shape index (κ3) is 6.21. The number of nitrogens with one attached hydrogen (secondary N) is 1. The third-order valence-corrected chi connectivity index (χ3v) is 1.99. The van der Waals surface area contributed by atoms with Crippen molar-refractivity contribution in [1.82, 2.24) is 10.2 Å². The minimum Gasteiger partial charge on any atom is -0.439 e. The van der Waals surface area contributed by atoms with Gasteiger partial charge in [0.05, 0.1) is 13.2 Å². The summed E-state index contributed by atoms with van der Waals surface area (Å²) in [6.07, 6.45) is -0.818. The molecule has 0 aromatic rings. The van der Waals surface area contributed by atoms with Crippen molar-refractivity contribution in [2.75, 3.05) is 26.3 Å². The molecule has 7 nitrogen and oxygen atoms in total. The Balaban J connectivity index is 4.26. The second kappa shape index (κ2) is 8.48. The standard InChI is InChI=1S/C11H20N2O5/c1-8(2)10(16)18-9(3)12-11(17)13(4-6-14)5-7-15/h9,14-15H,1,4-7H2,2-3H3,(H,12,17). The van der Waals surface area contributed by atoms with Gasteiger partial charge in [-0.3, -0.25) is 0 Å². The molecule has 0 aromatic heterocycles. The molecule has 0 aliphatic heterocycles. The lowest BCUT2D eigenvalue weighted by Crippen LogP contribution is -2.47. The van der Waals surface area contributed by atoms with Crippen molar-refractivity contribution < 1.29 is 24.5 Å². The van der Waals surface area contributed by atoms with Gasteiger partial charge in [-0.25, -0.2) is 9.59 Å². The van der Waals surface area contributed by atoms with Crippen LogP contribution in [0.3, 0.4) is 0 Å². The summed E-state index contributed by atoms with van der Waals surface area (Å²) in [5.74, 6) is -0.598. The molecule has 0 saturated carbocycles. The van der Waals surface area contributed by atoms with Gasteiger partial charge in [-0.2, -0.15) is 0 Å². The van der Waals surface area contributed by atoms with Crippen LogP contribution in [0.4, 0.5) is 4.79 Å². The normalized spacial score (nSPS) is 11.6. The molecule has 18 heavy (non-hydrogen) atoms. The van der Waals surface area contributed by atoms with Crippen LogP contribution in [0.25, 0.3) is 0 Å². The van der Waals surface area contributed by atoms with Crippen molar-refractivity contribution in [3.8, 4) is 0 Å². The van der Waals surface area contributed by atoms with Gasteiger partial charge in [0, 0.05) is 18.7 Å². The van der Waals surface area contributed by atoms with Gasteiger partial charge in [0.1, 0.15) is 0 Å². The Bertz CT molecular complexity index is 300. The number of hydrogen-bond acceptors (Lipinski definition) is 5. The first-order valence-electron chi connectivity index (χ1n) is 5.56. The van der Waals surface area contributed by atoms with Crippen LogP contribution in [-0.4, -0.2) is 59.6 Å². The molecule has 0 rings (SSSR count). The summed E-state index contributed by atoms with van der Waals surface area (Å²) in [4.78, 5) is 24.1. The molecule has 3 N–H and O–H groups in total. The molecule has 0 aliphatic carbocycles. The van der Waals surface area contributed by atoms with Crippen molar-refractivity contribution in [3.63, 3.8) is 0 Å². The van der Waals surface area contributed by atoms with Crippen LogP contribution in [-0.2, 0) is 9.53 Å². The van der Waals surface area contributed by atoms with Gasteiger partial charge in [0.25, 0.3) is 0 Å². The number of rotatable bonds is 7. The maximum atomic E-state index is 11.7. The summed E-state index contributed by atoms with van der Waals surface area (Å²) in [5, 5.41) is 19.9. The number of aliphatic hydroxyl groups is 2. The Morgan fingerprint density at radius 1 is 1.33 bits per heavy atom. The molecule has 0 aromatic carbocycles. The lowest BCUT2D eigenvalue weighted by molar-refractivity contribution is -0.144. The van der Waals surface area contributed by atoms with Crippen molar-refractivity contribution in [1.29, 1.82) is 0 Å². The highest BCUT2D eigenvalue weighted by atomic mass is 16.6. The Hall–Kier alpha value is -1.60. The van der Waals surface area contributed by atoms with Crippen LogP contribution >= 0.6 is 0 Å². The van der Waals surface area contributed by atoms with E-state index in [9.17, 15) is 9.59 Å². The maximum absolute atomic E-state index is 11.7. The van der Waals surface area contributed by atoms with Gasteiger partial charge in [-0.15, -0.1) is 0 Å². The summed E-state index contributed by atoms with van der Waals surface area (Å²) in [6.45, 7) is 6.16. The highest BCUT2D eigenvalue weighted by molar-refractivity contribution is 5.87. The molecule has 0 fully saturated rings. The molecule has 104 valence electrons. The molecule has 1 atom stereocenters. The number of nitrogens with zero attached hydrogens (tertiary/aromatic N) is 1. The first-order valence-corrected chi connectivity index (χ1v) is 5.56. The summed E-state index contributed by atoms with van der Waals surface area (Å²) in [7, 11) is 0. The average molecular weight is 260 g/mol. The highest BCUT2D eigenvalue weighted by Crippen LogP contribution is 1.97. The predicted molar refractivity (Wildman–Crippen MR) is 64.6 cm³/mol. The van der Waals surface area contributed by atoms with E-state index in [1.54, 1.807) is 0 Å². The number of carbonyl (C=O) groups is 2. The topological polar surface area (TPSA) is 99.1 Å². The Morgan fingerprint density at radius 2 is 1.83 bits per heavy atom. The van der Waals surface area contributed by atoms with Gasteiger partial charge in [-0.05, 0) is 13.8 Å². The van der Waals surface area contributed by atoms with E-state index in [1.165, 1.54) is 18.7 Å². The number of hydrogen-bond donors (Lipinski definition) is 3. The van der Waals surface area contributed by atoms with Crippen LogP contribution in [0.5, 0.6) is 0 Å². The van der Waals surface area contributed by atoms with E-state index in [1.807, 2.05) is 0 Å². The second-order valence-electron chi connectivity index (χ2n) is 3.71. The molecule has 0 bridgehead atoms. The fourth-order valence-electron chi connectivity index (χ4n) is 1.11. The van der Waals surface area contributed by atoms with E-state index in [0.717, 1.165) is 0 Å². The average Bonchev–Trinajstić information content (AvgIpc) is 2.28. The molecular weight excluding hydrogens is 240 g/mol. The van der Waals surface area contributed by atoms with E-state index in [2.05, 4.69) is 11.9 Å². The fraction of sp³-hybridized carbons (Fsp3) is 0.636. The minimum absolute atomic E-state index is 0.0908. The van der Waals surface area contributed by atoms with Crippen molar-refractivity contribution in [3.05, 3.63) is 12.2 Å². The number of amides is 2. The van der Waals surface area contributed by atoms with Crippen LogP contribution in [0.1, 0.15) is 13.8 Å². The van der Waals surface area contributed by atoms with Crippen molar-refractivity contribution >= 4 is 12.0 Å². The summed E-state index contributed by atoms with van der Waals surface area (Å²) >= 11 is 0. The van der Waals surface area contributed by atoms with E-state index in [-0.39, 0.29) is 31.9 Å². The lowest BCUT2D eigenvalue weighted by Gasteiger charge is -2.23.